The Morgan fingerprint density at radius 2 is 1.89 bits per heavy atom. The number of anilines is 1. The summed E-state index contributed by atoms with van der Waals surface area (Å²) in [5.74, 6) is -3.54. The molecule has 2 atom stereocenters. The fourth-order valence-corrected chi connectivity index (χ4v) is 9.73. The molecule has 0 aliphatic carbocycles. The molecule has 1 unspecified atom stereocenters. The first-order chi connectivity index (χ1) is 21.4. The molecular formula is C30H42BrF3N4O5SSi2. The Morgan fingerprint density at radius 1 is 1.20 bits per heavy atom. The molecule has 0 radical (unpaired) electrons. The van der Waals surface area contributed by atoms with Crippen LogP contribution in [0.4, 0.5) is 18.9 Å². The van der Waals surface area contributed by atoms with Crippen molar-refractivity contribution in [3.05, 3.63) is 57.3 Å². The van der Waals surface area contributed by atoms with E-state index in [0.717, 1.165) is 16.4 Å². The fraction of sp³-hybridized carbons (Fsp3) is 0.533. The number of benzene rings is 1. The molecule has 1 fully saturated rings. The number of ether oxygens (including phenoxy) is 2. The number of rotatable bonds is 14. The lowest BCUT2D eigenvalue weighted by Gasteiger charge is -2.30. The van der Waals surface area contributed by atoms with Crippen LogP contribution in [0.2, 0.25) is 45.3 Å². The van der Waals surface area contributed by atoms with Crippen LogP contribution in [-0.2, 0) is 19.7 Å². The topological polar surface area (TPSA) is 105 Å². The molecule has 0 spiro atoms. The van der Waals surface area contributed by atoms with Crippen molar-refractivity contribution in [2.24, 2.45) is 0 Å². The number of aromatic nitrogens is 2. The molecule has 254 valence electrons. The quantitative estimate of drug-likeness (QED) is 0.0807. The molecule has 1 aliphatic rings. The fourth-order valence-electron chi connectivity index (χ4n) is 5.33. The van der Waals surface area contributed by atoms with Gasteiger partial charge in [0, 0.05) is 50.4 Å². The number of H-pyrrole nitrogens is 1. The summed E-state index contributed by atoms with van der Waals surface area (Å²) in [6.07, 6.45) is 0.149. The van der Waals surface area contributed by atoms with Gasteiger partial charge in [-0.1, -0.05) is 39.3 Å². The highest BCUT2D eigenvalue weighted by Crippen LogP contribution is 2.38. The summed E-state index contributed by atoms with van der Waals surface area (Å²) in [5, 5.41) is 0.326. The SMILES string of the molecule is CCOC(c1[nH]c2ncc(Br)cc2c1C(=O)c1c(F)ccc(N(COCC[Si](C)(C)C)S(=O)(=O)N2CC[C@@H](F)C2)c1F)[Si](C)(C)C. The van der Waals surface area contributed by atoms with E-state index < -0.39 is 80.2 Å². The number of pyridine rings is 1. The number of aromatic amines is 1. The van der Waals surface area contributed by atoms with Gasteiger partial charge in [0.15, 0.2) is 5.82 Å². The monoisotopic (exact) mass is 762 g/mol. The molecule has 3 heterocycles. The summed E-state index contributed by atoms with van der Waals surface area (Å²) >= 11 is 3.37. The van der Waals surface area contributed by atoms with Crippen molar-refractivity contribution < 1.29 is 35.9 Å². The van der Waals surface area contributed by atoms with Crippen molar-refractivity contribution in [3.63, 3.8) is 0 Å². The van der Waals surface area contributed by atoms with E-state index in [-0.39, 0.29) is 25.1 Å². The largest absolute Gasteiger partial charge is 0.376 e. The van der Waals surface area contributed by atoms with E-state index in [1.807, 2.05) is 26.6 Å². The van der Waals surface area contributed by atoms with E-state index in [1.165, 1.54) is 6.20 Å². The smallest absolute Gasteiger partial charge is 0.306 e. The molecule has 0 saturated carbocycles. The maximum absolute atomic E-state index is 16.6. The molecule has 2 aromatic heterocycles. The third kappa shape index (κ3) is 7.95. The minimum atomic E-state index is -4.52. The molecule has 9 nitrogen and oxygen atoms in total. The van der Waals surface area contributed by atoms with E-state index in [1.54, 1.807) is 6.07 Å². The van der Waals surface area contributed by atoms with E-state index in [2.05, 4.69) is 45.5 Å². The van der Waals surface area contributed by atoms with Crippen molar-refractivity contribution >= 4 is 64.8 Å². The van der Waals surface area contributed by atoms with Crippen LogP contribution in [0.15, 0.2) is 28.9 Å². The molecule has 1 N–H and O–H groups in total. The predicted molar refractivity (Wildman–Crippen MR) is 183 cm³/mol. The van der Waals surface area contributed by atoms with Crippen LogP contribution in [0.25, 0.3) is 11.0 Å². The second-order valence-electron chi connectivity index (χ2n) is 13.7. The van der Waals surface area contributed by atoms with Crippen LogP contribution in [0, 0.1) is 11.6 Å². The molecule has 4 rings (SSSR count). The van der Waals surface area contributed by atoms with Gasteiger partial charge in [0.05, 0.1) is 36.3 Å². The predicted octanol–water partition coefficient (Wildman–Crippen LogP) is 7.20. The number of fused-ring (bicyclic) bond motifs is 1. The van der Waals surface area contributed by atoms with Crippen molar-refractivity contribution in [3.8, 4) is 0 Å². The zero-order valence-corrected chi connectivity index (χ0v) is 31.6. The molecule has 1 saturated heterocycles. The number of halogens is 4. The molecule has 0 bridgehead atoms. The molecule has 16 heteroatoms. The molecule has 46 heavy (non-hydrogen) atoms. The first-order valence-electron chi connectivity index (χ1n) is 15.2. The van der Waals surface area contributed by atoms with Gasteiger partial charge in [-0.25, -0.2) is 22.5 Å². The van der Waals surface area contributed by atoms with E-state index >= 15 is 8.78 Å². The highest BCUT2D eigenvalue weighted by atomic mass is 79.9. The van der Waals surface area contributed by atoms with E-state index in [4.69, 9.17) is 9.47 Å². The van der Waals surface area contributed by atoms with Crippen LogP contribution < -0.4 is 4.31 Å². The van der Waals surface area contributed by atoms with Crippen LogP contribution in [0.5, 0.6) is 0 Å². The van der Waals surface area contributed by atoms with Crippen LogP contribution in [-0.4, -0.2) is 83.8 Å². The third-order valence-electron chi connectivity index (χ3n) is 7.72. The van der Waals surface area contributed by atoms with Gasteiger partial charge in [-0.3, -0.25) is 4.79 Å². The van der Waals surface area contributed by atoms with Gasteiger partial charge in [-0.2, -0.15) is 12.7 Å². The van der Waals surface area contributed by atoms with Crippen LogP contribution >= 0.6 is 15.9 Å². The van der Waals surface area contributed by atoms with Gasteiger partial charge in [0.2, 0.25) is 5.78 Å². The lowest BCUT2D eigenvalue weighted by Crippen LogP contribution is -2.45. The summed E-state index contributed by atoms with van der Waals surface area (Å²) in [7, 11) is -8.29. The van der Waals surface area contributed by atoms with Crippen LogP contribution in [0.1, 0.15) is 40.7 Å². The van der Waals surface area contributed by atoms with Crippen molar-refractivity contribution in [2.75, 3.05) is 37.3 Å². The third-order valence-corrected chi connectivity index (χ3v) is 13.7. The van der Waals surface area contributed by atoms with Gasteiger partial charge in [0.1, 0.15) is 24.4 Å². The van der Waals surface area contributed by atoms with Crippen LogP contribution in [0.3, 0.4) is 0 Å². The van der Waals surface area contributed by atoms with Gasteiger partial charge in [0.25, 0.3) is 0 Å². The minimum absolute atomic E-state index is 0.00971. The number of hydrogen-bond donors (Lipinski definition) is 1. The number of ketones is 1. The zero-order chi connectivity index (χ0) is 34.2. The Bertz CT molecular complexity index is 1700. The molecule has 0 amide bonds. The molecule has 3 aromatic rings. The van der Waals surface area contributed by atoms with Gasteiger partial charge in [-0.15, -0.1) is 0 Å². The van der Waals surface area contributed by atoms with Crippen molar-refractivity contribution in [1.82, 2.24) is 14.3 Å². The Morgan fingerprint density at radius 3 is 2.48 bits per heavy atom. The summed E-state index contributed by atoms with van der Waals surface area (Å²) in [4.78, 5) is 21.9. The highest BCUT2D eigenvalue weighted by molar-refractivity contribution is 9.10. The normalized spacial score (nSPS) is 17.2. The Kier molecular flexibility index (Phi) is 11.3. The first kappa shape index (κ1) is 36.7. The first-order valence-corrected chi connectivity index (χ1v) is 24.6. The maximum atomic E-state index is 16.6. The standard InChI is InChI=1S/C30H42BrF3N4O5SSi2/c1-8-43-30(46(5,6)7)27-24(21-15-19(31)16-35-29(21)36-27)28(39)25-22(33)9-10-23(26(25)34)38(18-42-13-14-45(2,3)4)44(40,41)37-12-11-20(32)17-37/h9-10,15-16,20,30H,8,11-14,17-18H2,1-7H3,(H,35,36)/t20-,30?/m1/s1. The Balaban J connectivity index is 1.88. The van der Waals surface area contributed by atoms with E-state index in [0.29, 0.717) is 38.2 Å². The Labute approximate surface area is 279 Å². The average molecular weight is 764 g/mol. The number of nitrogens with zero attached hydrogens (tertiary/aromatic N) is 3. The van der Waals surface area contributed by atoms with Gasteiger partial charge >= 0.3 is 10.2 Å². The highest BCUT2D eigenvalue weighted by Gasteiger charge is 2.40. The summed E-state index contributed by atoms with van der Waals surface area (Å²) < 4.78 is 87.9. The number of alkyl halides is 1. The minimum Gasteiger partial charge on any atom is -0.376 e. The number of hydrogen-bond acceptors (Lipinski definition) is 6. The lowest BCUT2D eigenvalue weighted by atomic mass is 9.99. The molecule has 1 aliphatic heterocycles. The lowest BCUT2D eigenvalue weighted by molar-refractivity contribution is 0.0991. The molecule has 1 aromatic carbocycles. The summed E-state index contributed by atoms with van der Waals surface area (Å²) in [5.41, 5.74) is -1.40. The second kappa shape index (κ2) is 14.2. The second-order valence-corrected chi connectivity index (χ2v) is 27.3. The zero-order valence-electron chi connectivity index (χ0n) is 27.2. The van der Waals surface area contributed by atoms with E-state index in [9.17, 15) is 17.6 Å². The van der Waals surface area contributed by atoms with Crippen molar-refractivity contribution in [2.45, 2.75) is 70.6 Å². The summed E-state index contributed by atoms with van der Waals surface area (Å²) in [6.45, 7) is 13.7. The number of nitrogens with one attached hydrogen (secondary N) is 1. The summed E-state index contributed by atoms with van der Waals surface area (Å²) in [6, 6.07) is 4.16. The maximum Gasteiger partial charge on any atom is 0.306 e. The van der Waals surface area contributed by atoms with Gasteiger partial charge < -0.3 is 14.5 Å². The van der Waals surface area contributed by atoms with Crippen molar-refractivity contribution in [1.29, 1.82) is 0 Å². The number of carbonyl (C=O) groups excluding carboxylic acids is 1. The average Bonchev–Trinajstić information content (AvgIpc) is 3.54. The molecular weight excluding hydrogens is 721 g/mol. The Hall–Kier alpha value is -2.09. The number of carbonyl (C=O) groups is 1. The van der Waals surface area contributed by atoms with Gasteiger partial charge in [-0.05, 0) is 53.5 Å².